The molecule has 0 bridgehead atoms. The maximum Gasteiger partial charge on any atom is 0.417 e. The number of aryl methyl sites for hydroxylation is 1. The smallest absolute Gasteiger partial charge is 0.417 e. The predicted octanol–water partition coefficient (Wildman–Crippen LogP) is 5.71. The van der Waals surface area contributed by atoms with Gasteiger partial charge in [0.1, 0.15) is 34.0 Å². The van der Waals surface area contributed by atoms with Gasteiger partial charge in [-0.2, -0.15) is 13.2 Å². The van der Waals surface area contributed by atoms with Gasteiger partial charge in [0.25, 0.3) is 6.43 Å². The van der Waals surface area contributed by atoms with E-state index in [0.717, 1.165) is 0 Å². The van der Waals surface area contributed by atoms with Gasteiger partial charge in [-0.25, -0.2) is 23.7 Å². The van der Waals surface area contributed by atoms with Crippen LogP contribution in [-0.2, 0) is 6.18 Å². The fourth-order valence-corrected chi connectivity index (χ4v) is 2.58. The number of ether oxygens (including phenoxy) is 1. The maximum absolute atomic E-state index is 13.0. The molecule has 0 saturated carbocycles. The lowest BCUT2D eigenvalue weighted by Gasteiger charge is -2.20. The number of pyridine rings is 1. The molecule has 2 aromatic heterocycles. The van der Waals surface area contributed by atoms with Crippen molar-refractivity contribution in [2.75, 3.05) is 11.9 Å². The van der Waals surface area contributed by atoms with Crippen molar-refractivity contribution >= 4 is 29.0 Å². The Hall–Kier alpha value is -1.94. The number of halogens is 7. The molecule has 2 aromatic rings. The van der Waals surface area contributed by atoms with Gasteiger partial charge in [-0.05, 0) is 19.4 Å². The third-order valence-electron chi connectivity index (χ3n) is 3.58. The third kappa shape index (κ3) is 5.54. The summed E-state index contributed by atoms with van der Waals surface area (Å²) in [6.45, 7) is 3.15. The zero-order chi connectivity index (χ0) is 21.1. The van der Waals surface area contributed by atoms with E-state index in [1.807, 2.05) is 0 Å². The van der Waals surface area contributed by atoms with E-state index in [1.54, 1.807) is 6.92 Å². The minimum Gasteiger partial charge on any atom is -0.474 e. The van der Waals surface area contributed by atoms with Crippen molar-refractivity contribution in [3.8, 4) is 5.88 Å². The van der Waals surface area contributed by atoms with Gasteiger partial charge in [-0.1, -0.05) is 30.1 Å². The topological polar surface area (TPSA) is 59.9 Å². The summed E-state index contributed by atoms with van der Waals surface area (Å²) in [6, 6.07) is 0.246. The molecule has 0 aliphatic carbocycles. The number of nitrogens with one attached hydrogen (secondary N) is 1. The normalized spacial score (nSPS) is 12.9. The van der Waals surface area contributed by atoms with Crippen molar-refractivity contribution in [1.29, 1.82) is 0 Å². The van der Waals surface area contributed by atoms with E-state index in [2.05, 4.69) is 20.3 Å². The minimum atomic E-state index is -4.58. The van der Waals surface area contributed by atoms with Crippen LogP contribution in [0, 0.1) is 6.92 Å². The second-order valence-corrected chi connectivity index (χ2v) is 6.47. The molecule has 5 nitrogen and oxygen atoms in total. The van der Waals surface area contributed by atoms with Crippen molar-refractivity contribution in [1.82, 2.24) is 15.0 Å². The molecular formula is C16H15Cl2F5N4O. The number of nitrogens with zero attached hydrogens (tertiary/aromatic N) is 3. The number of rotatable bonds is 7. The molecule has 1 atom stereocenters. The van der Waals surface area contributed by atoms with Gasteiger partial charge in [0.2, 0.25) is 5.88 Å². The fraction of sp³-hybridized carbons (Fsp3) is 0.438. The lowest BCUT2D eigenvalue weighted by atomic mass is 10.2. The summed E-state index contributed by atoms with van der Waals surface area (Å²) in [4.78, 5) is 11.2. The van der Waals surface area contributed by atoms with E-state index >= 15 is 0 Å². The Morgan fingerprint density at radius 3 is 2.43 bits per heavy atom. The predicted molar refractivity (Wildman–Crippen MR) is 94.2 cm³/mol. The van der Waals surface area contributed by atoms with Crippen molar-refractivity contribution in [2.45, 2.75) is 38.9 Å². The fourth-order valence-electron chi connectivity index (χ4n) is 2.14. The van der Waals surface area contributed by atoms with Crippen molar-refractivity contribution in [2.24, 2.45) is 0 Å². The van der Waals surface area contributed by atoms with Crippen molar-refractivity contribution in [3.05, 3.63) is 39.4 Å². The van der Waals surface area contributed by atoms with Crippen LogP contribution >= 0.6 is 23.2 Å². The molecule has 12 heteroatoms. The van der Waals surface area contributed by atoms with Gasteiger partial charge in [-0.15, -0.1) is 0 Å². The summed E-state index contributed by atoms with van der Waals surface area (Å²) in [5, 5.41) is 2.25. The monoisotopic (exact) mass is 444 g/mol. The SMILES string of the molecule is CC[C@@H](COc1ncc(C(F)(F)F)cc1Cl)Nc1nc(C)nc(C(F)F)c1Cl. The highest BCUT2D eigenvalue weighted by Gasteiger charge is 2.32. The van der Waals surface area contributed by atoms with Gasteiger partial charge in [-0.3, -0.25) is 0 Å². The molecular weight excluding hydrogens is 430 g/mol. The highest BCUT2D eigenvalue weighted by atomic mass is 35.5. The van der Waals surface area contributed by atoms with Crippen molar-refractivity contribution in [3.63, 3.8) is 0 Å². The number of aromatic nitrogens is 3. The Morgan fingerprint density at radius 1 is 1.21 bits per heavy atom. The molecule has 154 valence electrons. The average molecular weight is 445 g/mol. The van der Waals surface area contributed by atoms with E-state index in [-0.39, 0.29) is 34.2 Å². The Balaban J connectivity index is 2.12. The number of hydrogen-bond donors (Lipinski definition) is 1. The molecule has 28 heavy (non-hydrogen) atoms. The van der Waals surface area contributed by atoms with Crippen LogP contribution < -0.4 is 10.1 Å². The number of hydrogen-bond acceptors (Lipinski definition) is 5. The van der Waals surface area contributed by atoms with Crippen LogP contribution in [0.1, 0.15) is 36.9 Å². The Kier molecular flexibility index (Phi) is 7.22. The van der Waals surface area contributed by atoms with Gasteiger partial charge >= 0.3 is 6.18 Å². The zero-order valence-corrected chi connectivity index (χ0v) is 16.1. The second-order valence-electron chi connectivity index (χ2n) is 5.69. The van der Waals surface area contributed by atoms with E-state index < -0.39 is 29.9 Å². The Bertz CT molecular complexity index is 835. The second kappa shape index (κ2) is 9.04. The van der Waals surface area contributed by atoms with E-state index in [9.17, 15) is 22.0 Å². The minimum absolute atomic E-state index is 0.00592. The summed E-state index contributed by atoms with van der Waals surface area (Å²) >= 11 is 11.7. The number of anilines is 1. The summed E-state index contributed by atoms with van der Waals surface area (Å²) in [5.74, 6) is -0.0787. The van der Waals surface area contributed by atoms with Crippen LogP contribution in [0.15, 0.2) is 12.3 Å². The molecule has 0 radical (unpaired) electrons. The van der Waals surface area contributed by atoms with Crippen LogP contribution in [-0.4, -0.2) is 27.6 Å². The molecule has 0 unspecified atom stereocenters. The molecule has 0 aromatic carbocycles. The number of alkyl halides is 5. The summed E-state index contributed by atoms with van der Waals surface area (Å²) in [7, 11) is 0. The lowest BCUT2D eigenvalue weighted by Crippen LogP contribution is -2.27. The Labute approximate surface area is 167 Å². The lowest BCUT2D eigenvalue weighted by molar-refractivity contribution is -0.137. The van der Waals surface area contributed by atoms with Crippen LogP contribution in [0.3, 0.4) is 0 Å². The van der Waals surface area contributed by atoms with Gasteiger partial charge < -0.3 is 10.1 Å². The van der Waals surface area contributed by atoms with Gasteiger partial charge in [0, 0.05) is 6.20 Å². The molecule has 0 spiro atoms. The summed E-state index contributed by atoms with van der Waals surface area (Å²) in [5.41, 5.74) is -1.60. The van der Waals surface area contributed by atoms with Crippen LogP contribution in [0.25, 0.3) is 0 Å². The van der Waals surface area contributed by atoms with E-state index in [4.69, 9.17) is 27.9 Å². The standard InChI is InChI=1S/C16H15Cl2F5N4O/c1-3-9(27-14-11(18)12(13(19)20)25-7(2)26-14)6-28-15-10(17)4-8(5-24-15)16(21,22)23/h4-5,9,13H,3,6H2,1-2H3,(H,25,26,27)/t9-/m0/s1. The van der Waals surface area contributed by atoms with Crippen LogP contribution in [0.2, 0.25) is 10.0 Å². The molecule has 0 fully saturated rings. The molecule has 0 aliphatic heterocycles. The largest absolute Gasteiger partial charge is 0.474 e. The Morgan fingerprint density at radius 2 is 1.89 bits per heavy atom. The highest BCUT2D eigenvalue weighted by molar-refractivity contribution is 6.33. The molecule has 2 heterocycles. The molecule has 2 rings (SSSR count). The first-order valence-electron chi connectivity index (χ1n) is 7.97. The molecule has 0 amide bonds. The molecule has 0 aliphatic rings. The quantitative estimate of drug-likeness (QED) is 0.553. The molecule has 0 saturated heterocycles. The zero-order valence-electron chi connectivity index (χ0n) is 14.6. The van der Waals surface area contributed by atoms with Crippen molar-refractivity contribution < 1.29 is 26.7 Å². The summed E-state index contributed by atoms with van der Waals surface area (Å²) < 4.78 is 69.3. The highest BCUT2D eigenvalue weighted by Crippen LogP contribution is 2.33. The summed E-state index contributed by atoms with van der Waals surface area (Å²) in [6.07, 6.45) is -6.38. The van der Waals surface area contributed by atoms with Gasteiger partial charge in [0.15, 0.2) is 0 Å². The van der Waals surface area contributed by atoms with Crippen LogP contribution in [0.5, 0.6) is 5.88 Å². The first-order valence-corrected chi connectivity index (χ1v) is 8.72. The average Bonchev–Trinajstić information content (AvgIpc) is 2.60. The molecule has 1 N–H and O–H groups in total. The first kappa shape index (κ1) is 22.4. The van der Waals surface area contributed by atoms with Crippen LogP contribution in [0.4, 0.5) is 27.8 Å². The van der Waals surface area contributed by atoms with E-state index in [1.165, 1.54) is 6.92 Å². The third-order valence-corrected chi connectivity index (χ3v) is 4.23. The first-order chi connectivity index (χ1) is 13.0. The van der Waals surface area contributed by atoms with Gasteiger partial charge in [0.05, 0.1) is 11.6 Å². The maximum atomic E-state index is 13.0. The van der Waals surface area contributed by atoms with E-state index in [0.29, 0.717) is 18.7 Å².